The first-order chi connectivity index (χ1) is 17.1. The van der Waals surface area contributed by atoms with Crippen LogP contribution in [0.1, 0.15) is 11.4 Å². The standard InChI is InChI=1S/C26H19FN6OS/c27-19-12-10-18(11-13-19)25-31-32-26(33(25)15-17-6-2-1-3-7-17)35-16-23(34)20(14-28)24-29-21-8-4-5-9-22(21)30-24/h1-13,34H,15-16H2,(H,29,30)/b23-20-. The van der Waals surface area contributed by atoms with E-state index in [-0.39, 0.29) is 22.9 Å². The van der Waals surface area contributed by atoms with E-state index in [1.807, 2.05) is 59.2 Å². The van der Waals surface area contributed by atoms with E-state index in [0.29, 0.717) is 28.9 Å². The number of aliphatic hydroxyl groups excluding tert-OH is 1. The summed E-state index contributed by atoms with van der Waals surface area (Å²) in [6, 6.07) is 25.4. The molecule has 0 fully saturated rings. The molecule has 0 radical (unpaired) electrons. The van der Waals surface area contributed by atoms with Gasteiger partial charge in [-0.05, 0) is 42.0 Å². The third kappa shape index (κ3) is 4.78. The second-order valence-corrected chi connectivity index (χ2v) is 8.65. The minimum absolute atomic E-state index is 0.0709. The maximum atomic E-state index is 13.5. The normalized spacial score (nSPS) is 11.9. The van der Waals surface area contributed by atoms with Crippen LogP contribution in [0, 0.1) is 17.1 Å². The van der Waals surface area contributed by atoms with Crippen molar-refractivity contribution in [3.63, 3.8) is 0 Å². The lowest BCUT2D eigenvalue weighted by Crippen LogP contribution is -2.05. The highest BCUT2D eigenvalue weighted by atomic mass is 32.2. The van der Waals surface area contributed by atoms with Gasteiger partial charge in [0.25, 0.3) is 0 Å². The van der Waals surface area contributed by atoms with Crippen LogP contribution >= 0.6 is 11.8 Å². The molecule has 0 aliphatic carbocycles. The number of para-hydroxylation sites is 2. The van der Waals surface area contributed by atoms with E-state index in [1.165, 1.54) is 23.9 Å². The van der Waals surface area contributed by atoms with Crippen LogP contribution in [0.4, 0.5) is 4.39 Å². The van der Waals surface area contributed by atoms with Crippen molar-refractivity contribution in [2.24, 2.45) is 0 Å². The minimum Gasteiger partial charge on any atom is -0.510 e. The molecule has 35 heavy (non-hydrogen) atoms. The van der Waals surface area contributed by atoms with Crippen molar-refractivity contribution >= 4 is 28.4 Å². The molecule has 2 heterocycles. The first kappa shape index (κ1) is 22.4. The molecule has 0 amide bonds. The molecule has 5 aromatic rings. The van der Waals surface area contributed by atoms with Crippen LogP contribution in [0.2, 0.25) is 0 Å². The molecule has 0 aliphatic rings. The SMILES string of the molecule is N#C/C(=C(/O)CSc1nnc(-c2ccc(F)cc2)n1Cc1ccccc1)c1nc2ccccc2[nH]1. The number of rotatable bonds is 7. The van der Waals surface area contributed by atoms with Crippen molar-refractivity contribution in [2.75, 3.05) is 5.75 Å². The number of nitrogens with one attached hydrogen (secondary N) is 1. The van der Waals surface area contributed by atoms with Crippen LogP contribution < -0.4 is 0 Å². The van der Waals surface area contributed by atoms with E-state index in [1.54, 1.807) is 12.1 Å². The maximum absolute atomic E-state index is 13.5. The zero-order valence-electron chi connectivity index (χ0n) is 18.4. The predicted octanol–water partition coefficient (Wildman–Crippen LogP) is 5.59. The summed E-state index contributed by atoms with van der Waals surface area (Å²) < 4.78 is 15.4. The Bertz CT molecular complexity index is 1520. The van der Waals surface area contributed by atoms with Crippen molar-refractivity contribution < 1.29 is 9.50 Å². The highest BCUT2D eigenvalue weighted by Gasteiger charge is 2.18. The number of hydrogen-bond donors (Lipinski definition) is 2. The van der Waals surface area contributed by atoms with Gasteiger partial charge in [-0.25, -0.2) is 9.37 Å². The Kier molecular flexibility index (Phi) is 6.28. The molecule has 0 spiro atoms. The molecule has 0 saturated heterocycles. The van der Waals surface area contributed by atoms with Crippen LogP contribution in [0.5, 0.6) is 0 Å². The number of aromatic nitrogens is 5. The van der Waals surface area contributed by atoms with E-state index in [2.05, 4.69) is 26.2 Å². The summed E-state index contributed by atoms with van der Waals surface area (Å²) in [5.41, 5.74) is 3.32. The lowest BCUT2D eigenvalue weighted by molar-refractivity contribution is 0.420. The topological polar surface area (TPSA) is 103 Å². The highest BCUT2D eigenvalue weighted by Crippen LogP contribution is 2.28. The van der Waals surface area contributed by atoms with Gasteiger partial charge in [-0.2, -0.15) is 5.26 Å². The first-order valence-electron chi connectivity index (χ1n) is 10.8. The molecule has 0 unspecified atom stereocenters. The molecule has 2 N–H and O–H groups in total. The molecule has 172 valence electrons. The van der Waals surface area contributed by atoms with Gasteiger partial charge >= 0.3 is 0 Å². The summed E-state index contributed by atoms with van der Waals surface area (Å²) in [6.45, 7) is 0.488. The number of benzene rings is 3. The molecule has 3 aromatic carbocycles. The van der Waals surface area contributed by atoms with Crippen LogP contribution in [0.15, 0.2) is 89.8 Å². The smallest absolute Gasteiger partial charge is 0.192 e. The number of imidazole rings is 1. The van der Waals surface area contributed by atoms with E-state index in [9.17, 15) is 14.8 Å². The summed E-state index contributed by atoms with van der Waals surface area (Å²) in [7, 11) is 0. The van der Waals surface area contributed by atoms with Crippen LogP contribution in [-0.4, -0.2) is 35.6 Å². The number of nitriles is 1. The molecule has 5 rings (SSSR count). The highest BCUT2D eigenvalue weighted by molar-refractivity contribution is 7.99. The summed E-state index contributed by atoms with van der Waals surface area (Å²) in [4.78, 5) is 7.49. The van der Waals surface area contributed by atoms with Crippen molar-refractivity contribution in [3.8, 4) is 17.5 Å². The monoisotopic (exact) mass is 482 g/mol. The number of allylic oxidation sites excluding steroid dienone is 1. The Morgan fingerprint density at radius 2 is 1.74 bits per heavy atom. The molecule has 0 aliphatic heterocycles. The van der Waals surface area contributed by atoms with Gasteiger partial charge in [0.1, 0.15) is 23.2 Å². The average molecular weight is 483 g/mol. The number of aromatic amines is 1. The third-order valence-corrected chi connectivity index (χ3v) is 6.35. The number of halogens is 1. The summed E-state index contributed by atoms with van der Waals surface area (Å²) in [5.74, 6) is 0.537. The van der Waals surface area contributed by atoms with Crippen LogP contribution in [0.25, 0.3) is 28.0 Å². The number of thioether (sulfide) groups is 1. The zero-order valence-corrected chi connectivity index (χ0v) is 19.2. The molecule has 0 atom stereocenters. The number of nitrogens with zero attached hydrogens (tertiary/aromatic N) is 5. The number of H-pyrrole nitrogens is 1. The van der Waals surface area contributed by atoms with Gasteiger partial charge in [0.15, 0.2) is 16.8 Å². The van der Waals surface area contributed by atoms with E-state index >= 15 is 0 Å². The van der Waals surface area contributed by atoms with Crippen LogP contribution in [0.3, 0.4) is 0 Å². The van der Waals surface area contributed by atoms with Crippen molar-refractivity contribution in [1.29, 1.82) is 5.26 Å². The van der Waals surface area contributed by atoms with Gasteiger partial charge in [-0.15, -0.1) is 10.2 Å². The maximum Gasteiger partial charge on any atom is 0.192 e. The fourth-order valence-corrected chi connectivity index (χ4v) is 4.46. The van der Waals surface area contributed by atoms with Gasteiger partial charge in [0.2, 0.25) is 0 Å². The zero-order chi connectivity index (χ0) is 24.2. The quantitative estimate of drug-likeness (QED) is 0.178. The molecule has 2 aromatic heterocycles. The molecule has 0 saturated carbocycles. The Morgan fingerprint density at radius 1 is 1.00 bits per heavy atom. The Morgan fingerprint density at radius 3 is 2.49 bits per heavy atom. The number of fused-ring (bicyclic) bond motifs is 1. The third-order valence-electron chi connectivity index (χ3n) is 5.37. The number of hydrogen-bond acceptors (Lipinski definition) is 6. The van der Waals surface area contributed by atoms with E-state index in [0.717, 1.165) is 16.6 Å². The van der Waals surface area contributed by atoms with Gasteiger partial charge in [-0.1, -0.05) is 54.2 Å². The summed E-state index contributed by atoms with van der Waals surface area (Å²) in [6.07, 6.45) is 0. The number of aliphatic hydroxyl groups is 1. The van der Waals surface area contributed by atoms with Crippen molar-refractivity contribution in [2.45, 2.75) is 11.7 Å². The Balaban J connectivity index is 1.46. The molecule has 7 nitrogen and oxygen atoms in total. The van der Waals surface area contributed by atoms with Gasteiger partial charge in [0, 0.05) is 5.56 Å². The van der Waals surface area contributed by atoms with Crippen LogP contribution in [-0.2, 0) is 6.54 Å². The van der Waals surface area contributed by atoms with Gasteiger partial charge in [0.05, 0.1) is 23.3 Å². The molecule has 0 bridgehead atoms. The predicted molar refractivity (Wildman–Crippen MR) is 133 cm³/mol. The van der Waals surface area contributed by atoms with Crippen molar-refractivity contribution in [3.05, 3.63) is 102 Å². The fourth-order valence-electron chi connectivity index (χ4n) is 3.65. The second-order valence-electron chi connectivity index (χ2n) is 7.71. The first-order valence-corrected chi connectivity index (χ1v) is 11.7. The lowest BCUT2D eigenvalue weighted by Gasteiger charge is -2.11. The summed E-state index contributed by atoms with van der Waals surface area (Å²) in [5, 5.41) is 29.7. The molecule has 9 heteroatoms. The second kappa shape index (κ2) is 9.83. The minimum atomic E-state index is -0.331. The average Bonchev–Trinajstić information content (AvgIpc) is 3.48. The van der Waals surface area contributed by atoms with E-state index < -0.39 is 0 Å². The summed E-state index contributed by atoms with van der Waals surface area (Å²) >= 11 is 1.25. The largest absolute Gasteiger partial charge is 0.510 e. The van der Waals surface area contributed by atoms with Gasteiger partial charge < -0.3 is 10.1 Å². The lowest BCUT2D eigenvalue weighted by atomic mass is 10.2. The molecular formula is C26H19FN6OS. The fraction of sp³-hybridized carbons (Fsp3) is 0.0769. The van der Waals surface area contributed by atoms with E-state index in [4.69, 9.17) is 0 Å². The van der Waals surface area contributed by atoms with Gasteiger partial charge in [-0.3, -0.25) is 4.57 Å². The Labute approximate surface area is 204 Å². The van der Waals surface area contributed by atoms with Crippen molar-refractivity contribution in [1.82, 2.24) is 24.7 Å². The molecular weight excluding hydrogens is 463 g/mol. The Hall–Kier alpha value is -4.42.